The highest BCUT2D eigenvalue weighted by molar-refractivity contribution is 7.89. The summed E-state index contributed by atoms with van der Waals surface area (Å²) in [4.78, 5) is 12.8. The Morgan fingerprint density at radius 2 is 1.54 bits per heavy atom. The Kier molecular flexibility index (Phi) is 4.92. The van der Waals surface area contributed by atoms with Crippen molar-refractivity contribution < 1.29 is 13.2 Å². The first-order chi connectivity index (χ1) is 12.8. The predicted octanol–water partition coefficient (Wildman–Crippen LogP) is 3.55. The summed E-state index contributed by atoms with van der Waals surface area (Å²) in [7, 11) is -3.71. The average Bonchev–Trinajstić information content (AvgIpc) is 3.13. The zero-order valence-corrected chi connectivity index (χ0v) is 17.8. The highest BCUT2D eigenvalue weighted by atomic mass is 32.2. The maximum Gasteiger partial charge on any atom is 0.251 e. The monoisotopic (exact) mass is 400 g/mol. The number of benzene rings is 2. The number of carbonyl (C=O) groups is 1. The molecular weight excluding hydrogens is 372 g/mol. The molecule has 0 radical (unpaired) electrons. The van der Waals surface area contributed by atoms with Crippen molar-refractivity contribution >= 4 is 15.9 Å². The summed E-state index contributed by atoms with van der Waals surface area (Å²) in [6, 6.07) is 14.3. The van der Waals surface area contributed by atoms with Gasteiger partial charge in [0, 0.05) is 17.5 Å². The summed E-state index contributed by atoms with van der Waals surface area (Å²) in [5.74, 6) is 0.0296. The fourth-order valence-corrected chi connectivity index (χ4v) is 4.26. The summed E-state index contributed by atoms with van der Waals surface area (Å²) in [5, 5.41) is 8.29. The van der Waals surface area contributed by atoms with Gasteiger partial charge in [-0.25, -0.2) is 13.6 Å². The fourth-order valence-electron chi connectivity index (χ4n) is 3.74. The Hall–Kier alpha value is -2.18. The van der Waals surface area contributed by atoms with Crippen molar-refractivity contribution in [3.63, 3.8) is 0 Å². The molecule has 150 valence electrons. The number of nitrogens with two attached hydrogens (primary N) is 1. The number of nitrogens with one attached hydrogen (secondary N) is 1. The third kappa shape index (κ3) is 3.98. The summed E-state index contributed by atoms with van der Waals surface area (Å²) in [5.41, 5.74) is 2.75. The smallest absolute Gasteiger partial charge is 0.251 e. The minimum Gasteiger partial charge on any atom is -0.348 e. The standard InChI is InChI=1S/C22H28N2O3S/c1-21(2,3)16-10-6-15(7-11-16)20(25)24-19-18(22(19,4)5)14-8-12-17(13-9-14)28(23,26)27/h6-13,18-19H,1-5H3,(H,24,25)(H2,23,26,27)/t18-,19-/m1/s1. The molecule has 0 unspecified atom stereocenters. The van der Waals surface area contributed by atoms with Crippen LogP contribution in [0.2, 0.25) is 0 Å². The van der Waals surface area contributed by atoms with Gasteiger partial charge in [0.05, 0.1) is 4.90 Å². The summed E-state index contributed by atoms with van der Waals surface area (Å²) in [6.07, 6.45) is 0. The van der Waals surface area contributed by atoms with Crippen molar-refractivity contribution in [3.05, 3.63) is 65.2 Å². The van der Waals surface area contributed by atoms with Crippen LogP contribution in [0.1, 0.15) is 62.0 Å². The lowest BCUT2D eigenvalue weighted by Gasteiger charge is -2.19. The molecule has 1 aliphatic carbocycles. The van der Waals surface area contributed by atoms with Crippen LogP contribution in [-0.2, 0) is 15.4 Å². The van der Waals surface area contributed by atoms with Gasteiger partial charge in [-0.15, -0.1) is 0 Å². The molecular formula is C22H28N2O3S. The van der Waals surface area contributed by atoms with Gasteiger partial charge < -0.3 is 5.32 Å². The highest BCUT2D eigenvalue weighted by Crippen LogP contribution is 2.58. The van der Waals surface area contributed by atoms with E-state index in [4.69, 9.17) is 5.14 Å². The molecule has 6 heteroatoms. The van der Waals surface area contributed by atoms with Crippen LogP contribution in [0.5, 0.6) is 0 Å². The molecule has 2 atom stereocenters. The Balaban J connectivity index is 1.73. The summed E-state index contributed by atoms with van der Waals surface area (Å²) < 4.78 is 22.9. The van der Waals surface area contributed by atoms with E-state index in [-0.39, 0.29) is 33.6 Å². The van der Waals surface area contributed by atoms with Crippen LogP contribution in [0, 0.1) is 5.41 Å². The van der Waals surface area contributed by atoms with E-state index in [1.165, 1.54) is 17.7 Å². The molecule has 3 rings (SSSR count). The van der Waals surface area contributed by atoms with E-state index in [1.54, 1.807) is 12.1 Å². The average molecular weight is 401 g/mol. The first-order valence-corrected chi connectivity index (χ1v) is 10.9. The summed E-state index contributed by atoms with van der Waals surface area (Å²) in [6.45, 7) is 10.6. The van der Waals surface area contributed by atoms with E-state index in [0.717, 1.165) is 5.56 Å². The maximum absolute atomic E-state index is 12.7. The molecule has 1 fully saturated rings. The molecule has 0 heterocycles. The molecule has 1 amide bonds. The fraction of sp³-hybridized carbons (Fsp3) is 0.409. The topological polar surface area (TPSA) is 89.3 Å². The maximum atomic E-state index is 12.7. The molecule has 1 aliphatic rings. The van der Waals surface area contributed by atoms with Crippen molar-refractivity contribution in [1.29, 1.82) is 0 Å². The Morgan fingerprint density at radius 1 is 1.00 bits per heavy atom. The third-order valence-corrected chi connectivity index (χ3v) is 6.62. The van der Waals surface area contributed by atoms with Crippen LogP contribution in [0.25, 0.3) is 0 Å². The lowest BCUT2D eigenvalue weighted by Crippen LogP contribution is -2.29. The SMILES string of the molecule is CC(C)(C)c1ccc(C(=O)N[C@@H]2[C@@H](c3ccc(S(N)(=O)=O)cc3)C2(C)C)cc1. The third-order valence-electron chi connectivity index (χ3n) is 5.69. The first kappa shape index (κ1) is 20.6. The van der Waals surface area contributed by atoms with Crippen molar-refractivity contribution in [2.75, 3.05) is 0 Å². The van der Waals surface area contributed by atoms with Crippen molar-refractivity contribution in [1.82, 2.24) is 5.32 Å². The number of carbonyl (C=O) groups excluding carboxylic acids is 1. The molecule has 0 bridgehead atoms. The molecule has 0 aromatic heterocycles. The van der Waals surface area contributed by atoms with Gasteiger partial charge in [0.15, 0.2) is 0 Å². The molecule has 0 spiro atoms. The van der Waals surface area contributed by atoms with E-state index in [1.807, 2.05) is 24.3 Å². The molecule has 5 nitrogen and oxygen atoms in total. The number of amides is 1. The van der Waals surface area contributed by atoms with Crippen LogP contribution in [-0.4, -0.2) is 20.4 Å². The van der Waals surface area contributed by atoms with Gasteiger partial charge in [0.25, 0.3) is 5.91 Å². The van der Waals surface area contributed by atoms with Gasteiger partial charge >= 0.3 is 0 Å². The van der Waals surface area contributed by atoms with Crippen LogP contribution >= 0.6 is 0 Å². The summed E-state index contributed by atoms with van der Waals surface area (Å²) >= 11 is 0. The number of hydrogen-bond donors (Lipinski definition) is 2. The van der Waals surface area contributed by atoms with E-state index in [0.29, 0.717) is 5.56 Å². The Morgan fingerprint density at radius 3 is 2.00 bits per heavy atom. The van der Waals surface area contributed by atoms with Gasteiger partial charge in [-0.2, -0.15) is 0 Å². The normalized spacial score (nSPS) is 21.2. The minimum atomic E-state index is -3.71. The zero-order valence-electron chi connectivity index (χ0n) is 17.0. The van der Waals surface area contributed by atoms with Gasteiger partial charge in [-0.3, -0.25) is 4.79 Å². The molecule has 2 aromatic rings. The van der Waals surface area contributed by atoms with Crippen molar-refractivity contribution in [2.45, 2.75) is 56.9 Å². The quantitative estimate of drug-likeness (QED) is 0.822. The highest BCUT2D eigenvalue weighted by Gasteiger charge is 2.59. The number of rotatable bonds is 4. The molecule has 3 N–H and O–H groups in total. The van der Waals surface area contributed by atoms with Crippen LogP contribution in [0.15, 0.2) is 53.4 Å². The largest absolute Gasteiger partial charge is 0.348 e. The Bertz CT molecular complexity index is 986. The zero-order chi connectivity index (χ0) is 20.9. The van der Waals surface area contributed by atoms with E-state index in [9.17, 15) is 13.2 Å². The van der Waals surface area contributed by atoms with Crippen LogP contribution < -0.4 is 10.5 Å². The minimum absolute atomic E-state index is 0.0115. The predicted molar refractivity (Wildman–Crippen MR) is 111 cm³/mol. The van der Waals surface area contributed by atoms with Crippen molar-refractivity contribution in [3.8, 4) is 0 Å². The number of primary sulfonamides is 1. The van der Waals surface area contributed by atoms with Gasteiger partial charge in [0.1, 0.15) is 0 Å². The molecule has 0 aliphatic heterocycles. The van der Waals surface area contributed by atoms with Gasteiger partial charge in [-0.05, 0) is 46.2 Å². The number of sulfonamides is 1. The van der Waals surface area contributed by atoms with Crippen LogP contribution in [0.3, 0.4) is 0 Å². The van der Waals surface area contributed by atoms with Gasteiger partial charge in [-0.1, -0.05) is 58.9 Å². The molecule has 0 saturated heterocycles. The van der Waals surface area contributed by atoms with E-state index in [2.05, 4.69) is 39.9 Å². The van der Waals surface area contributed by atoms with Crippen LogP contribution in [0.4, 0.5) is 0 Å². The molecule has 1 saturated carbocycles. The van der Waals surface area contributed by atoms with Crippen molar-refractivity contribution in [2.24, 2.45) is 10.6 Å². The second-order valence-electron chi connectivity index (χ2n) is 9.19. The molecule has 2 aromatic carbocycles. The first-order valence-electron chi connectivity index (χ1n) is 9.36. The second kappa shape index (κ2) is 6.71. The van der Waals surface area contributed by atoms with E-state index < -0.39 is 10.0 Å². The lowest BCUT2D eigenvalue weighted by molar-refractivity contribution is 0.0946. The Labute approximate surface area is 167 Å². The van der Waals surface area contributed by atoms with Gasteiger partial charge in [0.2, 0.25) is 10.0 Å². The lowest BCUT2D eigenvalue weighted by atomic mass is 9.87. The number of hydrogen-bond acceptors (Lipinski definition) is 3. The van der Waals surface area contributed by atoms with E-state index >= 15 is 0 Å². The second-order valence-corrected chi connectivity index (χ2v) is 10.8. The molecule has 28 heavy (non-hydrogen) atoms.